The summed E-state index contributed by atoms with van der Waals surface area (Å²) in [6.07, 6.45) is 0.763. The van der Waals surface area contributed by atoms with E-state index in [2.05, 4.69) is 0 Å². The lowest BCUT2D eigenvalue weighted by atomic mass is 10.0. The number of hydrogen-bond acceptors (Lipinski definition) is 3. The summed E-state index contributed by atoms with van der Waals surface area (Å²) in [4.78, 5) is 12.3. The van der Waals surface area contributed by atoms with E-state index in [1.165, 1.54) is 0 Å². The van der Waals surface area contributed by atoms with Gasteiger partial charge >= 0.3 is 5.97 Å². The van der Waals surface area contributed by atoms with E-state index < -0.39 is 5.60 Å². The number of rotatable bonds is 3. The molecule has 0 spiro atoms. The zero-order valence-corrected chi connectivity index (χ0v) is 11.6. The maximum Gasteiger partial charge on any atom is 0.339 e. The van der Waals surface area contributed by atoms with Gasteiger partial charge in [-0.3, -0.25) is 0 Å². The fraction of sp³-hybridized carbons (Fsp3) is 0.312. The third-order valence-electron chi connectivity index (χ3n) is 3.38. The maximum atomic E-state index is 12.3. The standard InChI is InChI=1S/C16H19NO2/c1-4-16(2,3)19-15(18)12-9-5-7-11-8-6-10-13(17)14(11)12/h5-10H,4,17H2,1-3H3. The monoisotopic (exact) mass is 257 g/mol. The molecule has 0 amide bonds. The van der Waals surface area contributed by atoms with E-state index in [1.807, 2.05) is 45.0 Å². The van der Waals surface area contributed by atoms with Gasteiger partial charge in [0.2, 0.25) is 0 Å². The molecule has 3 nitrogen and oxygen atoms in total. The van der Waals surface area contributed by atoms with E-state index in [9.17, 15) is 4.79 Å². The number of anilines is 1. The normalized spacial score (nSPS) is 11.5. The topological polar surface area (TPSA) is 52.3 Å². The van der Waals surface area contributed by atoms with Crippen LogP contribution in [-0.2, 0) is 4.74 Å². The van der Waals surface area contributed by atoms with Crippen LogP contribution in [0.15, 0.2) is 36.4 Å². The molecular weight excluding hydrogens is 238 g/mol. The molecule has 0 saturated heterocycles. The second kappa shape index (κ2) is 4.92. The van der Waals surface area contributed by atoms with Gasteiger partial charge in [-0.05, 0) is 37.8 Å². The summed E-state index contributed by atoms with van der Waals surface area (Å²) in [6, 6.07) is 11.2. The van der Waals surface area contributed by atoms with Gasteiger partial charge in [0, 0.05) is 11.1 Å². The molecule has 100 valence electrons. The van der Waals surface area contributed by atoms with Crippen LogP contribution in [-0.4, -0.2) is 11.6 Å². The van der Waals surface area contributed by atoms with Gasteiger partial charge in [-0.1, -0.05) is 31.2 Å². The molecule has 0 radical (unpaired) electrons. The molecule has 0 fully saturated rings. The van der Waals surface area contributed by atoms with Crippen LogP contribution in [0.1, 0.15) is 37.6 Å². The highest BCUT2D eigenvalue weighted by Crippen LogP contribution is 2.27. The van der Waals surface area contributed by atoms with Crippen molar-refractivity contribution in [3.05, 3.63) is 42.0 Å². The molecular formula is C16H19NO2. The van der Waals surface area contributed by atoms with Crippen LogP contribution in [0.4, 0.5) is 5.69 Å². The number of esters is 1. The van der Waals surface area contributed by atoms with Gasteiger partial charge < -0.3 is 10.5 Å². The van der Waals surface area contributed by atoms with Crippen molar-refractivity contribution < 1.29 is 9.53 Å². The van der Waals surface area contributed by atoms with E-state index in [1.54, 1.807) is 12.1 Å². The molecule has 0 aliphatic carbocycles. The third-order valence-corrected chi connectivity index (χ3v) is 3.38. The average molecular weight is 257 g/mol. The van der Waals surface area contributed by atoms with E-state index in [-0.39, 0.29) is 5.97 Å². The summed E-state index contributed by atoms with van der Waals surface area (Å²) in [7, 11) is 0. The molecule has 2 aromatic carbocycles. The van der Waals surface area contributed by atoms with Crippen molar-refractivity contribution in [3.63, 3.8) is 0 Å². The molecule has 2 N–H and O–H groups in total. The summed E-state index contributed by atoms with van der Waals surface area (Å²) >= 11 is 0. The predicted molar refractivity (Wildman–Crippen MR) is 78.1 cm³/mol. The molecule has 0 heterocycles. The zero-order chi connectivity index (χ0) is 14.0. The highest BCUT2D eigenvalue weighted by Gasteiger charge is 2.23. The molecule has 0 aliphatic rings. The summed E-state index contributed by atoms with van der Waals surface area (Å²) in [5.74, 6) is -0.324. The van der Waals surface area contributed by atoms with Gasteiger partial charge in [-0.25, -0.2) is 4.79 Å². The Hall–Kier alpha value is -2.03. The van der Waals surface area contributed by atoms with Gasteiger partial charge in [-0.15, -0.1) is 0 Å². The second-order valence-corrected chi connectivity index (χ2v) is 5.25. The number of nitrogens with two attached hydrogens (primary N) is 1. The Labute approximate surface area is 113 Å². The quantitative estimate of drug-likeness (QED) is 0.672. The number of fused-ring (bicyclic) bond motifs is 1. The molecule has 0 bridgehead atoms. The van der Waals surface area contributed by atoms with Crippen molar-refractivity contribution in [3.8, 4) is 0 Å². The first kappa shape index (κ1) is 13.4. The van der Waals surface area contributed by atoms with E-state index in [0.717, 1.165) is 17.2 Å². The summed E-state index contributed by atoms with van der Waals surface area (Å²) in [5.41, 5.74) is 6.64. The lowest BCUT2D eigenvalue weighted by Crippen LogP contribution is -2.27. The highest BCUT2D eigenvalue weighted by atomic mass is 16.6. The van der Waals surface area contributed by atoms with Gasteiger partial charge in [0.15, 0.2) is 0 Å². The van der Waals surface area contributed by atoms with Crippen molar-refractivity contribution in [2.24, 2.45) is 0 Å². The average Bonchev–Trinajstić information content (AvgIpc) is 2.38. The van der Waals surface area contributed by atoms with Crippen LogP contribution in [0, 0.1) is 0 Å². The Morgan fingerprint density at radius 3 is 2.47 bits per heavy atom. The van der Waals surface area contributed by atoms with Crippen LogP contribution in [0.2, 0.25) is 0 Å². The molecule has 0 aliphatic heterocycles. The molecule has 0 aromatic heterocycles. The van der Waals surface area contributed by atoms with Gasteiger partial charge in [-0.2, -0.15) is 0 Å². The Balaban J connectivity index is 2.48. The van der Waals surface area contributed by atoms with Crippen LogP contribution >= 0.6 is 0 Å². The van der Waals surface area contributed by atoms with Crippen LogP contribution in [0.5, 0.6) is 0 Å². The largest absolute Gasteiger partial charge is 0.456 e. The molecule has 0 atom stereocenters. The smallest absolute Gasteiger partial charge is 0.339 e. The lowest BCUT2D eigenvalue weighted by molar-refractivity contribution is -0.00220. The lowest BCUT2D eigenvalue weighted by Gasteiger charge is -2.23. The van der Waals surface area contributed by atoms with Crippen LogP contribution in [0.25, 0.3) is 10.8 Å². The maximum absolute atomic E-state index is 12.3. The molecule has 0 unspecified atom stereocenters. The Kier molecular flexibility index (Phi) is 3.47. The highest BCUT2D eigenvalue weighted by molar-refractivity contribution is 6.09. The molecule has 2 rings (SSSR count). The van der Waals surface area contributed by atoms with Crippen molar-refractivity contribution in [2.75, 3.05) is 5.73 Å². The van der Waals surface area contributed by atoms with E-state index >= 15 is 0 Å². The van der Waals surface area contributed by atoms with Crippen LogP contribution in [0.3, 0.4) is 0 Å². The fourth-order valence-corrected chi connectivity index (χ4v) is 1.92. The van der Waals surface area contributed by atoms with Crippen molar-refractivity contribution in [1.82, 2.24) is 0 Å². The Morgan fingerprint density at radius 1 is 1.21 bits per heavy atom. The van der Waals surface area contributed by atoms with Crippen LogP contribution < -0.4 is 5.73 Å². The number of ether oxygens (including phenoxy) is 1. The minimum atomic E-state index is -0.469. The Bertz CT molecular complexity index is 612. The fourth-order valence-electron chi connectivity index (χ4n) is 1.92. The first-order chi connectivity index (χ1) is 8.94. The first-order valence-corrected chi connectivity index (χ1v) is 6.45. The zero-order valence-electron chi connectivity index (χ0n) is 11.6. The number of hydrogen-bond donors (Lipinski definition) is 1. The SMILES string of the molecule is CCC(C)(C)OC(=O)c1cccc2cccc(N)c12. The number of carbonyl (C=O) groups excluding carboxylic acids is 1. The molecule has 0 saturated carbocycles. The number of nitrogen functional groups attached to an aromatic ring is 1. The van der Waals surface area contributed by atoms with E-state index in [0.29, 0.717) is 11.3 Å². The molecule has 2 aromatic rings. The van der Waals surface area contributed by atoms with Crippen molar-refractivity contribution >= 4 is 22.4 Å². The Morgan fingerprint density at radius 2 is 1.84 bits per heavy atom. The van der Waals surface area contributed by atoms with Gasteiger partial charge in [0.1, 0.15) is 5.60 Å². The third kappa shape index (κ3) is 2.70. The van der Waals surface area contributed by atoms with Gasteiger partial charge in [0.05, 0.1) is 5.56 Å². The van der Waals surface area contributed by atoms with Crippen molar-refractivity contribution in [1.29, 1.82) is 0 Å². The van der Waals surface area contributed by atoms with E-state index in [4.69, 9.17) is 10.5 Å². The van der Waals surface area contributed by atoms with Gasteiger partial charge in [0.25, 0.3) is 0 Å². The molecule has 3 heteroatoms. The number of benzene rings is 2. The minimum Gasteiger partial charge on any atom is -0.456 e. The summed E-state index contributed by atoms with van der Waals surface area (Å²) in [6.45, 7) is 5.80. The minimum absolute atomic E-state index is 0.324. The second-order valence-electron chi connectivity index (χ2n) is 5.25. The van der Waals surface area contributed by atoms with Crippen molar-refractivity contribution in [2.45, 2.75) is 32.8 Å². The summed E-state index contributed by atoms with van der Waals surface area (Å²) in [5, 5.41) is 1.71. The molecule has 19 heavy (non-hydrogen) atoms. The predicted octanol–water partition coefficient (Wildman–Crippen LogP) is 3.77. The first-order valence-electron chi connectivity index (χ1n) is 6.45. The summed E-state index contributed by atoms with van der Waals surface area (Å²) < 4.78 is 5.54. The number of carbonyl (C=O) groups is 1.